The van der Waals surface area contributed by atoms with Crippen LogP contribution >= 0.6 is 11.3 Å². The average Bonchev–Trinajstić information content (AvgIpc) is 2.94. The van der Waals surface area contributed by atoms with Crippen LogP contribution in [-0.2, 0) is 19.0 Å². The molecule has 0 aliphatic rings. The molecule has 0 aliphatic carbocycles. The number of hydrogen-bond donors (Lipinski definition) is 1. The number of nitrogens with zero attached hydrogens (tertiary/aromatic N) is 3. The van der Waals surface area contributed by atoms with E-state index in [2.05, 4.69) is 46.9 Å². The van der Waals surface area contributed by atoms with E-state index in [4.69, 9.17) is 0 Å². The maximum atomic E-state index is 4.15. The van der Waals surface area contributed by atoms with Crippen molar-refractivity contribution in [1.82, 2.24) is 20.1 Å². The summed E-state index contributed by atoms with van der Waals surface area (Å²) in [7, 11) is 2.00. The maximum absolute atomic E-state index is 4.15. The lowest BCUT2D eigenvalue weighted by Gasteiger charge is -2.23. The molecule has 98 valence electrons. The molecular formula is C13H20N4S. The van der Waals surface area contributed by atoms with Gasteiger partial charge in [-0.05, 0) is 18.4 Å². The van der Waals surface area contributed by atoms with Gasteiger partial charge in [0, 0.05) is 23.9 Å². The Balaban J connectivity index is 1.91. The fourth-order valence-electron chi connectivity index (χ4n) is 1.84. The molecule has 1 N–H and O–H groups in total. The van der Waals surface area contributed by atoms with Crippen LogP contribution in [0.15, 0.2) is 17.5 Å². The molecule has 18 heavy (non-hydrogen) atoms. The van der Waals surface area contributed by atoms with E-state index in [9.17, 15) is 0 Å². The van der Waals surface area contributed by atoms with Gasteiger partial charge in [-0.25, -0.2) is 0 Å². The predicted molar refractivity (Wildman–Crippen MR) is 74.8 cm³/mol. The van der Waals surface area contributed by atoms with Gasteiger partial charge in [-0.1, -0.05) is 19.9 Å². The van der Waals surface area contributed by atoms with Gasteiger partial charge >= 0.3 is 0 Å². The zero-order valence-corrected chi connectivity index (χ0v) is 12.2. The van der Waals surface area contributed by atoms with Crippen molar-refractivity contribution < 1.29 is 0 Å². The van der Waals surface area contributed by atoms with Gasteiger partial charge in [0.15, 0.2) is 0 Å². The Bertz CT molecular complexity index is 499. The van der Waals surface area contributed by atoms with Crippen LogP contribution in [0.2, 0.25) is 0 Å². The summed E-state index contributed by atoms with van der Waals surface area (Å²) >= 11 is 1.81. The van der Waals surface area contributed by atoms with Crippen LogP contribution in [0, 0.1) is 6.92 Å². The molecule has 2 aromatic heterocycles. The summed E-state index contributed by atoms with van der Waals surface area (Å²) in [5, 5.41) is 13.8. The van der Waals surface area contributed by atoms with Gasteiger partial charge in [-0.15, -0.1) is 21.5 Å². The van der Waals surface area contributed by atoms with Gasteiger partial charge in [0.1, 0.15) is 11.6 Å². The zero-order valence-electron chi connectivity index (χ0n) is 11.4. The molecule has 0 fully saturated rings. The molecule has 0 unspecified atom stereocenters. The first-order chi connectivity index (χ1) is 8.50. The first-order valence-corrected chi connectivity index (χ1v) is 6.98. The minimum absolute atomic E-state index is 0.155. The summed E-state index contributed by atoms with van der Waals surface area (Å²) in [5.41, 5.74) is 0.155. The van der Waals surface area contributed by atoms with E-state index in [0.29, 0.717) is 0 Å². The van der Waals surface area contributed by atoms with E-state index in [1.807, 2.05) is 29.9 Å². The highest BCUT2D eigenvalue weighted by atomic mass is 32.1. The second-order valence-electron chi connectivity index (χ2n) is 5.19. The van der Waals surface area contributed by atoms with Gasteiger partial charge in [-0.2, -0.15) is 0 Å². The van der Waals surface area contributed by atoms with Crippen LogP contribution in [0.1, 0.15) is 30.4 Å². The van der Waals surface area contributed by atoms with Crippen LogP contribution in [0.3, 0.4) is 0 Å². The van der Waals surface area contributed by atoms with Gasteiger partial charge in [0.2, 0.25) is 0 Å². The molecule has 0 saturated carbocycles. The highest BCUT2D eigenvalue weighted by Crippen LogP contribution is 2.26. The number of aryl methyl sites for hydroxylation is 1. The van der Waals surface area contributed by atoms with Crippen molar-refractivity contribution in [1.29, 1.82) is 0 Å². The first kappa shape index (κ1) is 13.2. The van der Waals surface area contributed by atoms with E-state index in [0.717, 1.165) is 24.7 Å². The van der Waals surface area contributed by atoms with Crippen LogP contribution in [-0.4, -0.2) is 21.3 Å². The van der Waals surface area contributed by atoms with Crippen molar-refractivity contribution >= 4 is 11.3 Å². The van der Waals surface area contributed by atoms with E-state index >= 15 is 0 Å². The monoisotopic (exact) mass is 264 g/mol. The molecule has 5 heteroatoms. The molecule has 0 aromatic carbocycles. The third-order valence-electron chi connectivity index (χ3n) is 3.22. The first-order valence-electron chi connectivity index (χ1n) is 6.10. The Labute approximate surface area is 112 Å². The van der Waals surface area contributed by atoms with E-state index in [-0.39, 0.29) is 5.41 Å². The number of rotatable bonds is 5. The Morgan fingerprint density at radius 2 is 2.17 bits per heavy atom. The summed E-state index contributed by atoms with van der Waals surface area (Å²) in [6.07, 6.45) is 0. The number of aromatic nitrogens is 3. The number of thiophene rings is 1. The van der Waals surface area contributed by atoms with E-state index in [1.54, 1.807) is 0 Å². The molecule has 4 nitrogen and oxygen atoms in total. The summed E-state index contributed by atoms with van der Waals surface area (Å²) in [6, 6.07) is 4.30. The number of hydrogen-bond acceptors (Lipinski definition) is 4. The highest BCUT2D eigenvalue weighted by molar-refractivity contribution is 7.10. The lowest BCUT2D eigenvalue weighted by Crippen LogP contribution is -2.32. The lowest BCUT2D eigenvalue weighted by atomic mass is 9.91. The number of nitrogens with one attached hydrogen (secondary N) is 1. The minimum Gasteiger partial charge on any atom is -0.317 e. The summed E-state index contributed by atoms with van der Waals surface area (Å²) in [5.74, 6) is 1.93. The van der Waals surface area contributed by atoms with E-state index < -0.39 is 0 Å². The van der Waals surface area contributed by atoms with Crippen LogP contribution in [0.4, 0.5) is 0 Å². The normalized spacial score (nSPS) is 12.0. The van der Waals surface area contributed by atoms with Gasteiger partial charge in [0.05, 0.1) is 6.54 Å². The van der Waals surface area contributed by atoms with Gasteiger partial charge in [0.25, 0.3) is 0 Å². The molecule has 2 rings (SSSR count). The fraction of sp³-hybridized carbons (Fsp3) is 0.538. The third kappa shape index (κ3) is 2.79. The molecule has 2 heterocycles. The summed E-state index contributed by atoms with van der Waals surface area (Å²) < 4.78 is 2.02. The van der Waals surface area contributed by atoms with Crippen LogP contribution in [0.25, 0.3) is 0 Å². The Hall–Kier alpha value is -1.20. The Morgan fingerprint density at radius 1 is 1.39 bits per heavy atom. The summed E-state index contributed by atoms with van der Waals surface area (Å²) in [6.45, 7) is 8.17. The van der Waals surface area contributed by atoms with Gasteiger partial charge in [-0.3, -0.25) is 0 Å². The zero-order chi connectivity index (χ0) is 13.2. The highest BCUT2D eigenvalue weighted by Gasteiger charge is 2.21. The minimum atomic E-state index is 0.155. The largest absolute Gasteiger partial charge is 0.317 e. The van der Waals surface area contributed by atoms with Crippen LogP contribution in [0.5, 0.6) is 0 Å². The van der Waals surface area contributed by atoms with Crippen molar-refractivity contribution in [2.45, 2.75) is 32.7 Å². The second-order valence-corrected chi connectivity index (χ2v) is 6.13. The Kier molecular flexibility index (Phi) is 3.82. The third-order valence-corrected chi connectivity index (χ3v) is 4.46. The van der Waals surface area contributed by atoms with Crippen molar-refractivity contribution in [3.8, 4) is 0 Å². The SMILES string of the molecule is Cc1nnc(CNCC(C)(C)c2cccs2)n1C. The predicted octanol–water partition coefficient (Wildman–Crippen LogP) is 2.25. The van der Waals surface area contributed by atoms with E-state index in [1.165, 1.54) is 4.88 Å². The molecule has 0 spiro atoms. The molecule has 0 radical (unpaired) electrons. The molecule has 0 aliphatic heterocycles. The molecule has 0 amide bonds. The van der Waals surface area contributed by atoms with Crippen LogP contribution < -0.4 is 5.32 Å². The second kappa shape index (κ2) is 5.20. The smallest absolute Gasteiger partial charge is 0.146 e. The van der Waals surface area contributed by atoms with Crippen molar-refractivity contribution in [3.05, 3.63) is 34.0 Å². The fourth-order valence-corrected chi connectivity index (χ4v) is 2.69. The Morgan fingerprint density at radius 3 is 2.72 bits per heavy atom. The van der Waals surface area contributed by atoms with Gasteiger partial charge < -0.3 is 9.88 Å². The maximum Gasteiger partial charge on any atom is 0.146 e. The average molecular weight is 264 g/mol. The van der Waals surface area contributed by atoms with Crippen molar-refractivity contribution in [2.24, 2.45) is 7.05 Å². The standard InChI is InChI=1S/C13H20N4S/c1-10-15-16-12(17(10)4)8-14-9-13(2,3)11-6-5-7-18-11/h5-7,14H,8-9H2,1-4H3. The molecule has 2 aromatic rings. The summed E-state index contributed by atoms with van der Waals surface area (Å²) in [4.78, 5) is 1.41. The molecule has 0 atom stereocenters. The molecular weight excluding hydrogens is 244 g/mol. The lowest BCUT2D eigenvalue weighted by molar-refractivity contribution is 0.468. The molecule has 0 bridgehead atoms. The van der Waals surface area contributed by atoms with Crippen molar-refractivity contribution in [2.75, 3.05) is 6.54 Å². The topological polar surface area (TPSA) is 42.7 Å². The van der Waals surface area contributed by atoms with Crippen molar-refractivity contribution in [3.63, 3.8) is 0 Å². The quantitative estimate of drug-likeness (QED) is 0.900. The molecule has 0 saturated heterocycles.